The summed E-state index contributed by atoms with van der Waals surface area (Å²) in [6.07, 6.45) is 0.680. The number of hydrogen-bond donors (Lipinski definition) is 2. The Labute approximate surface area is 155 Å². The van der Waals surface area contributed by atoms with Crippen molar-refractivity contribution in [2.45, 2.75) is 11.3 Å². The zero-order valence-electron chi connectivity index (χ0n) is 14.5. The van der Waals surface area contributed by atoms with Crippen LogP contribution in [-0.4, -0.2) is 72.3 Å². The number of carbonyl (C=O) groups is 1. The highest BCUT2D eigenvalue weighted by Crippen LogP contribution is 2.21. The topological polar surface area (TPSA) is 111 Å². The second-order valence-corrected chi connectivity index (χ2v) is 6.05. The van der Waals surface area contributed by atoms with Crippen LogP contribution < -0.4 is 5.48 Å². The van der Waals surface area contributed by atoms with Crippen molar-refractivity contribution in [1.29, 1.82) is 0 Å². The van der Waals surface area contributed by atoms with Gasteiger partial charge in [-0.25, -0.2) is 5.48 Å². The van der Waals surface area contributed by atoms with Gasteiger partial charge in [-0.3, -0.25) is 9.00 Å². The van der Waals surface area contributed by atoms with Crippen molar-refractivity contribution in [3.05, 3.63) is 28.8 Å². The van der Waals surface area contributed by atoms with E-state index in [0.717, 1.165) is 0 Å². The fourth-order valence-corrected chi connectivity index (χ4v) is 2.62. The Morgan fingerprint density at radius 2 is 1.92 bits per heavy atom. The lowest BCUT2D eigenvalue weighted by Gasteiger charge is -2.23. The predicted octanol–water partition coefficient (Wildman–Crippen LogP) is 1.30. The van der Waals surface area contributed by atoms with E-state index in [0.29, 0.717) is 32.7 Å². The monoisotopic (exact) mass is 395 g/mol. The summed E-state index contributed by atoms with van der Waals surface area (Å²) in [4.78, 5) is 14.0. The summed E-state index contributed by atoms with van der Waals surface area (Å²) < 4.78 is 32.2. The van der Waals surface area contributed by atoms with Crippen molar-refractivity contribution in [3.63, 3.8) is 0 Å². The summed E-state index contributed by atoms with van der Waals surface area (Å²) in [7, 11) is 4.58. The molecule has 10 heteroatoms. The molecule has 8 nitrogen and oxygen atoms in total. The van der Waals surface area contributed by atoms with Crippen LogP contribution in [0.2, 0.25) is 5.02 Å². The molecule has 1 atom stereocenters. The standard InChI is InChI=1S/C14H20ClNO5S.CH5NO/c1-20-8-3-6-16(7-9-21-2)14(17)11-4-5-12(15)13(10-11)22(18)19;1-2-3/h4-5,10H,3,6-9H2,1-2H3,(H,18,19);2-3H,1H3/p-1. The maximum Gasteiger partial charge on any atom is 0.253 e. The van der Waals surface area contributed by atoms with Crippen molar-refractivity contribution in [1.82, 2.24) is 10.4 Å². The zero-order chi connectivity index (χ0) is 19.2. The molecule has 1 aromatic carbocycles. The van der Waals surface area contributed by atoms with Crippen molar-refractivity contribution < 1.29 is 28.2 Å². The van der Waals surface area contributed by atoms with E-state index in [2.05, 4.69) is 0 Å². The van der Waals surface area contributed by atoms with Crippen molar-refractivity contribution in [3.8, 4) is 0 Å². The maximum atomic E-state index is 12.5. The number of nitrogens with zero attached hydrogens (tertiary/aromatic N) is 1. The van der Waals surface area contributed by atoms with Crippen LogP contribution in [0.3, 0.4) is 0 Å². The Kier molecular flexibility index (Phi) is 13.5. The van der Waals surface area contributed by atoms with Crippen LogP contribution in [0, 0.1) is 0 Å². The first kappa shape index (κ1) is 23.9. The molecule has 1 aromatic rings. The number of ether oxygens (including phenoxy) is 2. The summed E-state index contributed by atoms with van der Waals surface area (Å²) in [6.45, 7) is 1.84. The van der Waals surface area contributed by atoms with Crippen LogP contribution in [-0.2, 0) is 20.6 Å². The molecule has 0 aromatic heterocycles. The first-order valence-corrected chi connectivity index (χ1v) is 8.84. The lowest BCUT2D eigenvalue weighted by atomic mass is 10.2. The average molecular weight is 396 g/mol. The summed E-state index contributed by atoms with van der Waals surface area (Å²) in [5.74, 6) is -0.267. The van der Waals surface area contributed by atoms with E-state index in [1.54, 1.807) is 24.6 Å². The number of halogens is 1. The smallest absolute Gasteiger partial charge is 0.253 e. The van der Waals surface area contributed by atoms with E-state index >= 15 is 0 Å². The summed E-state index contributed by atoms with van der Waals surface area (Å²) in [5.41, 5.74) is 2.03. The third-order valence-corrected chi connectivity index (χ3v) is 4.13. The van der Waals surface area contributed by atoms with Gasteiger partial charge in [-0.05, 0) is 35.7 Å². The summed E-state index contributed by atoms with van der Waals surface area (Å²) in [5, 5.41) is 7.41. The van der Waals surface area contributed by atoms with Gasteiger partial charge in [-0.2, -0.15) is 0 Å². The van der Waals surface area contributed by atoms with Gasteiger partial charge in [0.1, 0.15) is 0 Å². The first-order valence-electron chi connectivity index (χ1n) is 7.39. The van der Waals surface area contributed by atoms with Gasteiger partial charge in [0.05, 0.1) is 11.6 Å². The Balaban J connectivity index is 0.00000178. The van der Waals surface area contributed by atoms with Crippen LogP contribution in [0.1, 0.15) is 16.8 Å². The average Bonchev–Trinajstić information content (AvgIpc) is 2.58. The quantitative estimate of drug-likeness (QED) is 0.368. The third-order valence-electron chi connectivity index (χ3n) is 2.99. The SMILES string of the molecule is CNO.COCCCN(CCOC)C(=O)c1ccc(Cl)c(S(=O)[O-])c1. The predicted molar refractivity (Wildman–Crippen MR) is 93.8 cm³/mol. The molecule has 1 amide bonds. The molecule has 25 heavy (non-hydrogen) atoms. The molecule has 0 saturated carbocycles. The van der Waals surface area contributed by atoms with Crippen molar-refractivity contribution in [2.75, 3.05) is 47.6 Å². The van der Waals surface area contributed by atoms with Gasteiger partial charge in [-0.15, -0.1) is 0 Å². The number of nitrogens with one attached hydrogen (secondary N) is 1. The molecule has 0 aliphatic rings. The minimum absolute atomic E-state index is 0.0869. The molecular weight excluding hydrogens is 372 g/mol. The van der Waals surface area contributed by atoms with Crippen LogP contribution in [0.5, 0.6) is 0 Å². The first-order chi connectivity index (χ1) is 11.9. The van der Waals surface area contributed by atoms with Gasteiger partial charge >= 0.3 is 0 Å². The van der Waals surface area contributed by atoms with Crippen molar-refractivity contribution >= 4 is 28.6 Å². The normalized spacial score (nSPS) is 11.4. The van der Waals surface area contributed by atoms with E-state index in [4.69, 9.17) is 26.3 Å². The minimum Gasteiger partial charge on any atom is -0.768 e. The van der Waals surface area contributed by atoms with Crippen LogP contribution in [0.4, 0.5) is 0 Å². The number of methoxy groups -OCH3 is 2. The third kappa shape index (κ3) is 9.26. The number of hydroxylamine groups is 1. The highest BCUT2D eigenvalue weighted by Gasteiger charge is 2.17. The van der Waals surface area contributed by atoms with E-state index in [1.165, 1.54) is 25.2 Å². The van der Waals surface area contributed by atoms with Crippen LogP contribution in [0.15, 0.2) is 23.1 Å². The molecule has 0 radical (unpaired) electrons. The fraction of sp³-hybridized carbons (Fsp3) is 0.533. The molecule has 0 saturated heterocycles. The van der Waals surface area contributed by atoms with E-state index in [-0.39, 0.29) is 21.4 Å². The lowest BCUT2D eigenvalue weighted by molar-refractivity contribution is 0.0674. The summed E-state index contributed by atoms with van der Waals surface area (Å²) in [6, 6.07) is 4.20. The van der Waals surface area contributed by atoms with Gasteiger partial charge in [0.25, 0.3) is 5.91 Å². The Hall–Kier alpha value is -1.07. The van der Waals surface area contributed by atoms with Gasteiger partial charge in [0, 0.05) is 51.4 Å². The second-order valence-electron chi connectivity index (χ2n) is 4.73. The number of carbonyl (C=O) groups excluding carboxylic acids is 1. The van der Waals surface area contributed by atoms with Gasteiger partial charge in [0.15, 0.2) is 0 Å². The zero-order valence-corrected chi connectivity index (χ0v) is 16.1. The number of amides is 1. The Morgan fingerprint density at radius 1 is 1.32 bits per heavy atom. The molecule has 1 unspecified atom stereocenters. The van der Waals surface area contributed by atoms with Crippen LogP contribution >= 0.6 is 11.6 Å². The van der Waals surface area contributed by atoms with Gasteiger partial charge in [0.2, 0.25) is 0 Å². The molecule has 0 aliphatic heterocycles. The Morgan fingerprint density at radius 3 is 2.44 bits per heavy atom. The number of hydrogen-bond acceptors (Lipinski definition) is 7. The van der Waals surface area contributed by atoms with E-state index < -0.39 is 11.1 Å². The highest BCUT2D eigenvalue weighted by atomic mass is 35.5. The molecular formula is C15H24ClN2O6S-. The minimum atomic E-state index is -2.49. The number of rotatable bonds is 9. The number of benzene rings is 1. The Bertz CT molecular complexity index is 547. The molecule has 2 N–H and O–H groups in total. The summed E-state index contributed by atoms with van der Waals surface area (Å²) >= 11 is 3.32. The van der Waals surface area contributed by atoms with Crippen molar-refractivity contribution in [2.24, 2.45) is 0 Å². The second kappa shape index (κ2) is 14.1. The lowest BCUT2D eigenvalue weighted by Crippen LogP contribution is -2.35. The maximum absolute atomic E-state index is 12.5. The molecule has 0 spiro atoms. The molecule has 0 bridgehead atoms. The fourth-order valence-electron chi connectivity index (χ4n) is 1.86. The van der Waals surface area contributed by atoms with Gasteiger partial charge < -0.3 is 24.1 Å². The van der Waals surface area contributed by atoms with Crippen LogP contribution in [0.25, 0.3) is 0 Å². The largest absolute Gasteiger partial charge is 0.768 e. The van der Waals surface area contributed by atoms with Gasteiger partial charge in [-0.1, -0.05) is 11.6 Å². The molecule has 1 rings (SSSR count). The van der Waals surface area contributed by atoms with E-state index in [1.807, 2.05) is 0 Å². The molecule has 0 heterocycles. The molecule has 0 aliphatic carbocycles. The van der Waals surface area contributed by atoms with E-state index in [9.17, 15) is 13.6 Å². The molecule has 144 valence electrons. The molecule has 0 fully saturated rings. The highest BCUT2D eigenvalue weighted by molar-refractivity contribution is 7.79.